The van der Waals surface area contributed by atoms with Crippen LogP contribution in [0.5, 0.6) is 5.75 Å². The molecule has 0 atom stereocenters. The van der Waals surface area contributed by atoms with Crippen molar-refractivity contribution in [1.82, 2.24) is 14.7 Å². The lowest BCUT2D eigenvalue weighted by molar-refractivity contribution is 0.257. The molecule has 2 aromatic carbocycles. The zero-order chi connectivity index (χ0) is 16.6. The van der Waals surface area contributed by atoms with E-state index in [4.69, 9.17) is 4.74 Å². The van der Waals surface area contributed by atoms with E-state index < -0.39 is 0 Å². The summed E-state index contributed by atoms with van der Waals surface area (Å²) in [5.74, 6) is 0.932. The topological polar surface area (TPSA) is 30.3 Å². The molecular weight excluding hydrogens is 298 g/mol. The molecule has 3 rings (SSSR count). The van der Waals surface area contributed by atoms with Crippen LogP contribution in [0.4, 0.5) is 0 Å². The molecular formula is C20H23N3O. The van der Waals surface area contributed by atoms with Crippen molar-refractivity contribution in [2.24, 2.45) is 0 Å². The van der Waals surface area contributed by atoms with Crippen LogP contribution in [0.15, 0.2) is 72.9 Å². The van der Waals surface area contributed by atoms with Crippen LogP contribution in [0.1, 0.15) is 12.1 Å². The highest BCUT2D eigenvalue weighted by atomic mass is 16.5. The average molecular weight is 321 g/mol. The number of nitrogens with zero attached hydrogens (tertiary/aromatic N) is 3. The summed E-state index contributed by atoms with van der Waals surface area (Å²) in [5, 5.41) is 4.64. The molecule has 0 unspecified atom stereocenters. The quantitative estimate of drug-likeness (QED) is 0.592. The van der Waals surface area contributed by atoms with Crippen LogP contribution in [0.3, 0.4) is 0 Å². The summed E-state index contributed by atoms with van der Waals surface area (Å²) in [6, 6.07) is 22.2. The van der Waals surface area contributed by atoms with Gasteiger partial charge in [-0.1, -0.05) is 36.4 Å². The number of para-hydroxylation sites is 2. The third kappa shape index (κ3) is 4.70. The van der Waals surface area contributed by atoms with Gasteiger partial charge in [0.25, 0.3) is 0 Å². The third-order valence-electron chi connectivity index (χ3n) is 3.79. The molecule has 124 valence electrons. The Morgan fingerprint density at radius 2 is 1.67 bits per heavy atom. The van der Waals surface area contributed by atoms with E-state index in [2.05, 4.69) is 35.2 Å². The first-order chi connectivity index (χ1) is 11.8. The van der Waals surface area contributed by atoms with Gasteiger partial charge in [0.1, 0.15) is 5.75 Å². The largest absolute Gasteiger partial charge is 0.494 e. The van der Waals surface area contributed by atoms with E-state index in [9.17, 15) is 0 Å². The fourth-order valence-corrected chi connectivity index (χ4v) is 2.57. The Morgan fingerprint density at radius 3 is 2.42 bits per heavy atom. The summed E-state index contributed by atoms with van der Waals surface area (Å²) in [6.07, 6.45) is 3.00. The summed E-state index contributed by atoms with van der Waals surface area (Å²) in [7, 11) is 2.12. The molecule has 1 heterocycles. The van der Waals surface area contributed by atoms with E-state index in [1.807, 2.05) is 59.4 Å². The number of aromatic nitrogens is 2. The Bertz CT molecular complexity index is 725. The molecule has 0 aliphatic rings. The summed E-state index contributed by atoms with van der Waals surface area (Å²) in [6.45, 7) is 2.54. The Balaban J connectivity index is 1.42. The van der Waals surface area contributed by atoms with Gasteiger partial charge >= 0.3 is 0 Å². The van der Waals surface area contributed by atoms with Gasteiger partial charge in [0.15, 0.2) is 0 Å². The molecule has 0 saturated heterocycles. The smallest absolute Gasteiger partial charge is 0.119 e. The maximum atomic E-state index is 5.72. The van der Waals surface area contributed by atoms with E-state index in [0.29, 0.717) is 0 Å². The molecule has 0 radical (unpaired) electrons. The van der Waals surface area contributed by atoms with Gasteiger partial charge < -0.3 is 9.64 Å². The van der Waals surface area contributed by atoms with Gasteiger partial charge in [-0.15, -0.1) is 0 Å². The second-order valence-electron chi connectivity index (χ2n) is 5.84. The highest BCUT2D eigenvalue weighted by molar-refractivity contribution is 5.30. The second-order valence-corrected chi connectivity index (χ2v) is 5.84. The fraction of sp³-hybridized carbons (Fsp3) is 0.250. The van der Waals surface area contributed by atoms with Crippen molar-refractivity contribution in [3.8, 4) is 11.4 Å². The maximum Gasteiger partial charge on any atom is 0.119 e. The highest BCUT2D eigenvalue weighted by Crippen LogP contribution is 2.10. The Labute approximate surface area is 143 Å². The van der Waals surface area contributed by atoms with Crippen molar-refractivity contribution in [3.63, 3.8) is 0 Å². The third-order valence-corrected chi connectivity index (χ3v) is 3.79. The zero-order valence-corrected chi connectivity index (χ0v) is 14.0. The first-order valence-corrected chi connectivity index (χ1v) is 8.27. The van der Waals surface area contributed by atoms with Crippen LogP contribution in [-0.4, -0.2) is 34.9 Å². The van der Waals surface area contributed by atoms with Crippen LogP contribution < -0.4 is 4.74 Å². The van der Waals surface area contributed by atoms with Gasteiger partial charge in [-0.25, -0.2) is 4.68 Å². The predicted octanol–water partition coefficient (Wildman–Crippen LogP) is 3.77. The highest BCUT2D eigenvalue weighted by Gasteiger charge is 2.05. The van der Waals surface area contributed by atoms with Crippen molar-refractivity contribution < 1.29 is 4.74 Å². The average Bonchev–Trinajstić information content (AvgIpc) is 3.09. The molecule has 0 bridgehead atoms. The van der Waals surface area contributed by atoms with Crippen LogP contribution in [0, 0.1) is 0 Å². The summed E-state index contributed by atoms with van der Waals surface area (Å²) >= 11 is 0. The molecule has 0 N–H and O–H groups in total. The molecule has 4 nitrogen and oxygen atoms in total. The fourth-order valence-electron chi connectivity index (χ4n) is 2.57. The molecule has 0 fully saturated rings. The Kier molecular flexibility index (Phi) is 5.64. The van der Waals surface area contributed by atoms with Crippen molar-refractivity contribution in [2.75, 3.05) is 20.2 Å². The first-order valence-electron chi connectivity index (χ1n) is 8.27. The minimum atomic E-state index is 0.729. The van der Waals surface area contributed by atoms with Crippen LogP contribution in [0.25, 0.3) is 5.69 Å². The Morgan fingerprint density at radius 1 is 0.958 bits per heavy atom. The minimum absolute atomic E-state index is 0.729. The number of benzene rings is 2. The lowest BCUT2D eigenvalue weighted by Gasteiger charge is -2.15. The van der Waals surface area contributed by atoms with Gasteiger partial charge in [-0.05, 0) is 43.8 Å². The lowest BCUT2D eigenvalue weighted by atomic mass is 10.3. The van der Waals surface area contributed by atoms with Crippen LogP contribution in [0.2, 0.25) is 0 Å². The van der Waals surface area contributed by atoms with Crippen molar-refractivity contribution >= 4 is 0 Å². The van der Waals surface area contributed by atoms with E-state index in [-0.39, 0.29) is 0 Å². The summed E-state index contributed by atoms with van der Waals surface area (Å²) in [4.78, 5) is 2.27. The molecule has 1 aromatic heterocycles. The van der Waals surface area contributed by atoms with Crippen molar-refractivity contribution in [3.05, 3.63) is 78.6 Å². The van der Waals surface area contributed by atoms with Crippen LogP contribution in [-0.2, 0) is 6.54 Å². The molecule has 0 spiro atoms. The van der Waals surface area contributed by atoms with Gasteiger partial charge in [-0.3, -0.25) is 0 Å². The number of hydrogen-bond donors (Lipinski definition) is 0. The van der Waals surface area contributed by atoms with Gasteiger partial charge in [-0.2, -0.15) is 5.10 Å². The van der Waals surface area contributed by atoms with Crippen molar-refractivity contribution in [2.45, 2.75) is 13.0 Å². The second kappa shape index (κ2) is 8.31. The molecule has 0 amide bonds. The number of ether oxygens (including phenoxy) is 1. The molecule has 3 aromatic rings. The van der Waals surface area contributed by atoms with Gasteiger partial charge in [0, 0.05) is 19.3 Å². The summed E-state index contributed by atoms with van der Waals surface area (Å²) in [5.41, 5.74) is 2.16. The van der Waals surface area contributed by atoms with Crippen molar-refractivity contribution in [1.29, 1.82) is 0 Å². The van der Waals surface area contributed by atoms with E-state index in [1.54, 1.807) is 0 Å². The zero-order valence-electron chi connectivity index (χ0n) is 14.0. The SMILES string of the molecule is CN(CCCOc1ccccc1)Cc1ccn(-c2ccccc2)n1. The van der Waals surface area contributed by atoms with E-state index >= 15 is 0 Å². The monoisotopic (exact) mass is 321 g/mol. The van der Waals surface area contributed by atoms with E-state index in [0.717, 1.165) is 43.2 Å². The molecule has 24 heavy (non-hydrogen) atoms. The number of rotatable bonds is 8. The Hall–Kier alpha value is -2.59. The molecule has 0 aliphatic carbocycles. The normalized spacial score (nSPS) is 10.9. The first kappa shape index (κ1) is 16.3. The van der Waals surface area contributed by atoms with Gasteiger partial charge in [0.05, 0.1) is 18.0 Å². The molecule has 4 heteroatoms. The lowest BCUT2D eigenvalue weighted by Crippen LogP contribution is -2.21. The minimum Gasteiger partial charge on any atom is -0.494 e. The van der Waals surface area contributed by atoms with E-state index in [1.165, 1.54) is 0 Å². The van der Waals surface area contributed by atoms with Crippen LogP contribution >= 0.6 is 0 Å². The predicted molar refractivity (Wildman–Crippen MR) is 96.5 cm³/mol. The van der Waals surface area contributed by atoms with Gasteiger partial charge in [0.2, 0.25) is 0 Å². The molecule has 0 saturated carbocycles. The summed E-state index contributed by atoms with van der Waals surface area (Å²) < 4.78 is 7.64. The number of hydrogen-bond acceptors (Lipinski definition) is 3. The molecule has 0 aliphatic heterocycles. The maximum absolute atomic E-state index is 5.72. The standard InChI is InChI=1S/C20H23N3O/c1-22(14-8-16-24-20-11-6-3-7-12-20)17-18-13-15-23(21-18)19-9-4-2-5-10-19/h2-7,9-13,15H,8,14,16-17H2,1H3.